The van der Waals surface area contributed by atoms with E-state index in [2.05, 4.69) is 20.8 Å². The molecule has 0 spiro atoms. The molecule has 0 amide bonds. The van der Waals surface area contributed by atoms with E-state index in [0.717, 1.165) is 55.4 Å². The Labute approximate surface area is 200 Å². The molecule has 1 N–H and O–H groups in total. The Balaban J connectivity index is 0.000000383. The van der Waals surface area contributed by atoms with Gasteiger partial charge < -0.3 is 14.6 Å². The predicted octanol–water partition coefficient (Wildman–Crippen LogP) is 7.52. The molecule has 0 aliphatic heterocycles. The van der Waals surface area contributed by atoms with E-state index in [-0.39, 0.29) is 18.2 Å². The molecule has 0 aliphatic rings. The van der Waals surface area contributed by atoms with Gasteiger partial charge in [-0.1, -0.05) is 88.9 Å². The van der Waals surface area contributed by atoms with Gasteiger partial charge in [0.2, 0.25) is 0 Å². The summed E-state index contributed by atoms with van der Waals surface area (Å²) in [4.78, 5) is 11.8. The van der Waals surface area contributed by atoms with Crippen molar-refractivity contribution in [3.05, 3.63) is 71.8 Å². The van der Waals surface area contributed by atoms with Crippen LogP contribution in [0.15, 0.2) is 60.7 Å². The van der Waals surface area contributed by atoms with Gasteiger partial charge in [-0.2, -0.15) is 0 Å². The first-order chi connectivity index (χ1) is 16.0. The number of unbranched alkanes of at least 4 members (excludes halogenated alkanes) is 3. The summed E-state index contributed by atoms with van der Waals surface area (Å²) in [7, 11) is 1.63. The summed E-state index contributed by atoms with van der Waals surface area (Å²) in [6, 6.07) is 17.4. The summed E-state index contributed by atoms with van der Waals surface area (Å²) in [6.45, 7) is 6.36. The van der Waals surface area contributed by atoms with Crippen molar-refractivity contribution in [3.63, 3.8) is 0 Å². The first-order valence-corrected chi connectivity index (χ1v) is 12.3. The number of carbonyl (C=O) groups is 1. The Hall–Kier alpha value is -2.59. The van der Waals surface area contributed by atoms with Crippen LogP contribution in [0.1, 0.15) is 89.4 Å². The van der Waals surface area contributed by atoms with Crippen molar-refractivity contribution in [2.45, 2.75) is 84.3 Å². The third-order valence-electron chi connectivity index (χ3n) is 5.41. The van der Waals surface area contributed by atoms with Crippen molar-refractivity contribution in [3.8, 4) is 5.75 Å². The van der Waals surface area contributed by atoms with Crippen molar-refractivity contribution in [2.24, 2.45) is 0 Å². The molecule has 0 fully saturated rings. The number of carbonyl (C=O) groups excluding carboxylic acids is 1. The molecular formula is C29H42O4. The van der Waals surface area contributed by atoms with E-state index in [4.69, 9.17) is 9.47 Å². The van der Waals surface area contributed by atoms with E-state index in [1.165, 1.54) is 18.9 Å². The molecule has 182 valence electrons. The molecule has 4 heteroatoms. The number of aliphatic hydroxyl groups is 1. The molecule has 2 aromatic carbocycles. The van der Waals surface area contributed by atoms with Crippen molar-refractivity contribution in [1.82, 2.24) is 0 Å². The smallest absolute Gasteiger partial charge is 0.331 e. The van der Waals surface area contributed by atoms with Crippen molar-refractivity contribution >= 4 is 12.0 Å². The minimum atomic E-state index is -0.272. The summed E-state index contributed by atoms with van der Waals surface area (Å²) in [5.74, 6) is 0.533. The third-order valence-corrected chi connectivity index (χ3v) is 5.41. The number of esters is 1. The lowest BCUT2D eigenvalue weighted by Gasteiger charge is -2.14. The lowest BCUT2D eigenvalue weighted by molar-refractivity contribution is -0.143. The molecule has 4 nitrogen and oxygen atoms in total. The topological polar surface area (TPSA) is 55.8 Å². The molecular weight excluding hydrogens is 412 g/mol. The van der Waals surface area contributed by atoms with E-state index in [1.807, 2.05) is 54.6 Å². The highest BCUT2D eigenvalue weighted by molar-refractivity contribution is 5.87. The van der Waals surface area contributed by atoms with Crippen LogP contribution in [0.5, 0.6) is 5.75 Å². The molecule has 2 aromatic rings. The maximum atomic E-state index is 11.8. The van der Waals surface area contributed by atoms with Gasteiger partial charge in [-0.25, -0.2) is 4.79 Å². The fraction of sp³-hybridized carbons (Fsp3) is 0.483. The monoisotopic (exact) mass is 454 g/mol. The van der Waals surface area contributed by atoms with Crippen LogP contribution in [0.4, 0.5) is 0 Å². The van der Waals surface area contributed by atoms with E-state index in [9.17, 15) is 9.90 Å². The highest BCUT2D eigenvalue weighted by Crippen LogP contribution is 2.18. The minimum absolute atomic E-state index is 0.0320. The Kier molecular flexibility index (Phi) is 15.4. The van der Waals surface area contributed by atoms with Crippen LogP contribution in [0.3, 0.4) is 0 Å². The van der Waals surface area contributed by atoms with Gasteiger partial charge in [-0.3, -0.25) is 0 Å². The van der Waals surface area contributed by atoms with Crippen LogP contribution in [0.2, 0.25) is 0 Å². The van der Waals surface area contributed by atoms with E-state index < -0.39 is 0 Å². The van der Waals surface area contributed by atoms with Crippen molar-refractivity contribution in [1.29, 1.82) is 0 Å². The molecule has 0 bridgehead atoms. The number of rotatable bonds is 13. The minimum Gasteiger partial charge on any atom is -0.497 e. The number of hydrogen-bond donors (Lipinski definition) is 1. The van der Waals surface area contributed by atoms with Gasteiger partial charge in [0.1, 0.15) is 11.9 Å². The fourth-order valence-electron chi connectivity index (χ4n) is 3.29. The second-order valence-electron chi connectivity index (χ2n) is 8.14. The summed E-state index contributed by atoms with van der Waals surface area (Å²) in [5.41, 5.74) is 1.98. The lowest BCUT2D eigenvalue weighted by atomic mass is 10.0. The van der Waals surface area contributed by atoms with Gasteiger partial charge >= 0.3 is 5.97 Å². The van der Waals surface area contributed by atoms with Crippen LogP contribution in [0.25, 0.3) is 6.08 Å². The number of benzene rings is 2. The van der Waals surface area contributed by atoms with Crippen LogP contribution in [0, 0.1) is 0 Å². The molecule has 0 radical (unpaired) electrons. The van der Waals surface area contributed by atoms with Crippen LogP contribution in [-0.4, -0.2) is 24.3 Å². The molecule has 2 atom stereocenters. The zero-order chi connectivity index (χ0) is 24.3. The summed E-state index contributed by atoms with van der Waals surface area (Å²) >= 11 is 0. The van der Waals surface area contributed by atoms with E-state index in [0.29, 0.717) is 0 Å². The molecule has 2 rings (SSSR count). The van der Waals surface area contributed by atoms with Crippen LogP contribution in [-0.2, 0) is 9.53 Å². The Bertz CT molecular complexity index is 768. The Morgan fingerprint density at radius 3 is 2.15 bits per heavy atom. The van der Waals surface area contributed by atoms with E-state index >= 15 is 0 Å². The fourth-order valence-corrected chi connectivity index (χ4v) is 3.29. The summed E-state index contributed by atoms with van der Waals surface area (Å²) in [6.07, 6.45) is 11.4. The largest absolute Gasteiger partial charge is 0.497 e. The molecule has 0 aromatic heterocycles. The van der Waals surface area contributed by atoms with Gasteiger partial charge in [0.05, 0.1) is 13.2 Å². The number of hydrogen-bond acceptors (Lipinski definition) is 4. The number of methoxy groups -OCH3 is 1. The van der Waals surface area contributed by atoms with E-state index in [1.54, 1.807) is 13.2 Å². The maximum absolute atomic E-state index is 11.8. The molecule has 33 heavy (non-hydrogen) atoms. The SMILES string of the molecule is CCCCC(O)c1ccccc1.CCCCCC(CC)OC(=O)C=Cc1ccc(OC)cc1. The lowest BCUT2D eigenvalue weighted by Crippen LogP contribution is -2.15. The Morgan fingerprint density at radius 2 is 1.58 bits per heavy atom. The highest BCUT2D eigenvalue weighted by atomic mass is 16.5. The van der Waals surface area contributed by atoms with Gasteiger partial charge in [0, 0.05) is 6.08 Å². The molecule has 0 heterocycles. The van der Waals surface area contributed by atoms with Gasteiger partial charge in [0.25, 0.3) is 0 Å². The summed E-state index contributed by atoms with van der Waals surface area (Å²) < 4.78 is 10.6. The molecule has 0 saturated carbocycles. The molecule has 0 aliphatic carbocycles. The van der Waals surface area contributed by atoms with Gasteiger partial charge in [-0.05, 0) is 55.0 Å². The predicted molar refractivity (Wildman–Crippen MR) is 137 cm³/mol. The van der Waals surface area contributed by atoms with Crippen LogP contribution < -0.4 is 4.74 Å². The van der Waals surface area contributed by atoms with Gasteiger partial charge in [0.15, 0.2) is 0 Å². The van der Waals surface area contributed by atoms with Crippen LogP contribution >= 0.6 is 0 Å². The van der Waals surface area contributed by atoms with Crippen molar-refractivity contribution in [2.75, 3.05) is 7.11 Å². The summed E-state index contributed by atoms with van der Waals surface area (Å²) in [5, 5.41) is 9.65. The maximum Gasteiger partial charge on any atom is 0.331 e. The average molecular weight is 455 g/mol. The quantitative estimate of drug-likeness (QED) is 0.193. The zero-order valence-electron chi connectivity index (χ0n) is 20.8. The second kappa shape index (κ2) is 17.9. The third kappa shape index (κ3) is 12.9. The molecule has 0 saturated heterocycles. The molecule has 2 unspecified atom stereocenters. The van der Waals surface area contributed by atoms with Crippen molar-refractivity contribution < 1.29 is 19.4 Å². The standard InChI is InChI=1S/C18H26O3.C11H16O/c1-4-6-7-8-16(5-2)21-18(19)14-11-15-9-12-17(20-3)13-10-15;1-2-3-9-11(12)10-7-5-4-6-8-10/h9-14,16H,4-8H2,1-3H3;4-8,11-12H,2-3,9H2,1H3. The first-order valence-electron chi connectivity index (χ1n) is 12.3. The normalized spacial score (nSPS) is 12.5. The zero-order valence-corrected chi connectivity index (χ0v) is 20.8. The van der Waals surface area contributed by atoms with Gasteiger partial charge in [-0.15, -0.1) is 0 Å². The highest BCUT2D eigenvalue weighted by Gasteiger charge is 2.10. The number of aliphatic hydroxyl groups excluding tert-OH is 1. The number of ether oxygens (including phenoxy) is 2. The second-order valence-corrected chi connectivity index (χ2v) is 8.14. The Morgan fingerprint density at radius 1 is 0.909 bits per heavy atom. The average Bonchev–Trinajstić information content (AvgIpc) is 2.86. The first kappa shape index (κ1) is 28.4.